The highest BCUT2D eigenvalue weighted by Crippen LogP contribution is 2.37. The Hall–Kier alpha value is -3.59. The van der Waals surface area contributed by atoms with Crippen LogP contribution in [0, 0.1) is 11.6 Å². The van der Waals surface area contributed by atoms with Crippen LogP contribution in [0.15, 0.2) is 48.8 Å². The van der Waals surface area contributed by atoms with E-state index in [0.29, 0.717) is 16.7 Å². The SMILES string of the molecule is Nc1ncnc2c1c(-c1ccc(Oc3cccc(F)c3)cc1F)nn2C1CCC(N)CC1. The molecular weight excluding hydrogens is 414 g/mol. The number of fused-ring (bicyclic) bond motifs is 1. The van der Waals surface area contributed by atoms with Gasteiger partial charge >= 0.3 is 0 Å². The van der Waals surface area contributed by atoms with Crippen LogP contribution in [0.2, 0.25) is 0 Å². The van der Waals surface area contributed by atoms with Crippen molar-refractivity contribution in [2.75, 3.05) is 5.73 Å². The van der Waals surface area contributed by atoms with Gasteiger partial charge in [-0.05, 0) is 49.9 Å². The number of aromatic nitrogens is 4. The van der Waals surface area contributed by atoms with Crippen molar-refractivity contribution in [1.82, 2.24) is 19.7 Å². The molecule has 0 spiro atoms. The molecule has 9 heteroatoms. The van der Waals surface area contributed by atoms with Crippen molar-refractivity contribution < 1.29 is 13.5 Å². The molecule has 164 valence electrons. The number of hydrogen-bond acceptors (Lipinski definition) is 6. The molecule has 2 aromatic heterocycles. The lowest BCUT2D eigenvalue weighted by Crippen LogP contribution is -2.28. The van der Waals surface area contributed by atoms with Crippen molar-refractivity contribution in [3.05, 3.63) is 60.4 Å². The fourth-order valence-electron chi connectivity index (χ4n) is 4.20. The molecule has 32 heavy (non-hydrogen) atoms. The van der Waals surface area contributed by atoms with E-state index >= 15 is 4.39 Å². The number of nitrogens with zero attached hydrogens (tertiary/aromatic N) is 4. The van der Waals surface area contributed by atoms with E-state index in [0.717, 1.165) is 25.7 Å². The third-order valence-corrected chi connectivity index (χ3v) is 5.83. The van der Waals surface area contributed by atoms with Crippen LogP contribution in [0.1, 0.15) is 31.7 Å². The predicted molar refractivity (Wildman–Crippen MR) is 117 cm³/mol. The zero-order valence-electron chi connectivity index (χ0n) is 17.2. The van der Waals surface area contributed by atoms with Crippen LogP contribution >= 0.6 is 0 Å². The number of nitrogen functional groups attached to an aromatic ring is 1. The smallest absolute Gasteiger partial charge is 0.164 e. The van der Waals surface area contributed by atoms with E-state index < -0.39 is 11.6 Å². The first-order valence-corrected chi connectivity index (χ1v) is 10.5. The van der Waals surface area contributed by atoms with Crippen molar-refractivity contribution in [3.63, 3.8) is 0 Å². The van der Waals surface area contributed by atoms with Gasteiger partial charge in [0.1, 0.15) is 41.0 Å². The van der Waals surface area contributed by atoms with E-state index in [1.807, 2.05) is 4.68 Å². The predicted octanol–water partition coefficient (Wildman–Crippen LogP) is 4.59. The molecule has 0 radical (unpaired) electrons. The van der Waals surface area contributed by atoms with E-state index in [1.165, 1.54) is 30.6 Å². The van der Waals surface area contributed by atoms with Gasteiger partial charge in [0, 0.05) is 23.7 Å². The van der Waals surface area contributed by atoms with E-state index in [1.54, 1.807) is 18.2 Å². The molecule has 1 aliphatic carbocycles. The van der Waals surface area contributed by atoms with Crippen molar-refractivity contribution >= 4 is 16.9 Å². The molecule has 5 rings (SSSR count). The molecule has 0 aliphatic heterocycles. The topological polar surface area (TPSA) is 105 Å². The zero-order valence-corrected chi connectivity index (χ0v) is 17.2. The Labute approximate surface area is 183 Å². The van der Waals surface area contributed by atoms with Crippen LogP contribution in [0.3, 0.4) is 0 Å². The summed E-state index contributed by atoms with van der Waals surface area (Å²) < 4.78 is 36.0. The summed E-state index contributed by atoms with van der Waals surface area (Å²) in [6, 6.07) is 10.4. The molecule has 0 atom stereocenters. The highest BCUT2D eigenvalue weighted by molar-refractivity contribution is 5.98. The molecule has 0 saturated heterocycles. The average Bonchev–Trinajstić information content (AvgIpc) is 3.15. The molecule has 0 unspecified atom stereocenters. The van der Waals surface area contributed by atoms with Crippen LogP contribution in [0.4, 0.5) is 14.6 Å². The zero-order chi connectivity index (χ0) is 22.2. The lowest BCUT2D eigenvalue weighted by atomic mass is 9.92. The van der Waals surface area contributed by atoms with Gasteiger partial charge in [-0.25, -0.2) is 23.4 Å². The summed E-state index contributed by atoms with van der Waals surface area (Å²) in [5.74, 6) is -0.218. The Morgan fingerprint density at radius 3 is 2.50 bits per heavy atom. The summed E-state index contributed by atoms with van der Waals surface area (Å²) in [4.78, 5) is 8.48. The number of hydrogen-bond donors (Lipinski definition) is 2. The van der Waals surface area contributed by atoms with Crippen LogP contribution in [-0.2, 0) is 0 Å². The minimum atomic E-state index is -0.542. The fraction of sp³-hybridized carbons (Fsp3) is 0.261. The first-order chi connectivity index (χ1) is 15.5. The summed E-state index contributed by atoms with van der Waals surface area (Å²) in [6.45, 7) is 0. The number of nitrogens with two attached hydrogens (primary N) is 2. The molecule has 2 aromatic carbocycles. The number of anilines is 1. The Morgan fingerprint density at radius 2 is 1.75 bits per heavy atom. The maximum absolute atomic E-state index is 15.2. The molecular formula is C23H22F2N6O. The van der Waals surface area contributed by atoms with Gasteiger partial charge in [-0.15, -0.1) is 0 Å². The Kier molecular flexibility index (Phi) is 5.18. The Bertz CT molecular complexity index is 1280. The Morgan fingerprint density at radius 1 is 0.969 bits per heavy atom. The van der Waals surface area contributed by atoms with E-state index in [4.69, 9.17) is 21.3 Å². The van der Waals surface area contributed by atoms with Crippen molar-refractivity contribution in [1.29, 1.82) is 0 Å². The molecule has 0 bridgehead atoms. The summed E-state index contributed by atoms with van der Waals surface area (Å²) in [6.07, 6.45) is 4.90. The van der Waals surface area contributed by atoms with Crippen LogP contribution in [0.5, 0.6) is 11.5 Å². The number of rotatable bonds is 4. The second-order valence-corrected chi connectivity index (χ2v) is 8.02. The average molecular weight is 436 g/mol. The van der Waals surface area contributed by atoms with E-state index in [9.17, 15) is 4.39 Å². The molecule has 7 nitrogen and oxygen atoms in total. The van der Waals surface area contributed by atoms with Gasteiger partial charge in [0.25, 0.3) is 0 Å². The highest BCUT2D eigenvalue weighted by Gasteiger charge is 2.26. The third-order valence-electron chi connectivity index (χ3n) is 5.83. The van der Waals surface area contributed by atoms with Crippen LogP contribution < -0.4 is 16.2 Å². The minimum Gasteiger partial charge on any atom is -0.457 e. The molecule has 4 N–H and O–H groups in total. The van der Waals surface area contributed by atoms with Gasteiger partial charge in [0.05, 0.1) is 11.4 Å². The molecule has 2 heterocycles. The second kappa shape index (κ2) is 8.16. The molecule has 4 aromatic rings. The van der Waals surface area contributed by atoms with E-state index in [-0.39, 0.29) is 35.0 Å². The van der Waals surface area contributed by atoms with Crippen molar-refractivity contribution in [3.8, 4) is 22.8 Å². The van der Waals surface area contributed by atoms with E-state index in [2.05, 4.69) is 9.97 Å². The summed E-state index contributed by atoms with van der Waals surface area (Å²) in [7, 11) is 0. The molecule has 1 fully saturated rings. The number of halogens is 2. The maximum Gasteiger partial charge on any atom is 0.164 e. The standard InChI is InChI=1S/C23H22F2N6O/c24-13-2-1-3-16(10-13)32-17-8-9-18(19(25)11-17)21-20-22(27)28-12-29-23(20)31(30-21)15-6-4-14(26)5-7-15/h1-3,8-12,14-15H,4-7,26H2,(H2,27,28,29). The van der Waals surface area contributed by atoms with Gasteiger partial charge < -0.3 is 16.2 Å². The quantitative estimate of drug-likeness (QED) is 0.485. The molecule has 1 saturated carbocycles. The second-order valence-electron chi connectivity index (χ2n) is 8.02. The van der Waals surface area contributed by atoms with Crippen molar-refractivity contribution in [2.24, 2.45) is 5.73 Å². The minimum absolute atomic E-state index is 0.110. The van der Waals surface area contributed by atoms with Crippen LogP contribution in [0.25, 0.3) is 22.3 Å². The Balaban J connectivity index is 1.54. The largest absolute Gasteiger partial charge is 0.457 e. The van der Waals surface area contributed by atoms with Gasteiger partial charge in [0.2, 0.25) is 0 Å². The fourth-order valence-corrected chi connectivity index (χ4v) is 4.20. The highest BCUT2D eigenvalue weighted by atomic mass is 19.1. The molecule has 0 amide bonds. The van der Waals surface area contributed by atoms with Gasteiger partial charge in [-0.3, -0.25) is 0 Å². The third kappa shape index (κ3) is 3.75. The van der Waals surface area contributed by atoms with Crippen LogP contribution in [-0.4, -0.2) is 25.8 Å². The summed E-state index contributed by atoms with van der Waals surface area (Å²) in [5.41, 5.74) is 13.4. The maximum atomic E-state index is 15.2. The van der Waals surface area contributed by atoms with Gasteiger partial charge in [-0.2, -0.15) is 5.10 Å². The normalized spacial score (nSPS) is 18.7. The summed E-state index contributed by atoms with van der Waals surface area (Å²) >= 11 is 0. The molecule has 1 aliphatic rings. The van der Waals surface area contributed by atoms with Crippen molar-refractivity contribution in [2.45, 2.75) is 37.8 Å². The lowest BCUT2D eigenvalue weighted by molar-refractivity contribution is 0.310. The monoisotopic (exact) mass is 436 g/mol. The van der Waals surface area contributed by atoms with Gasteiger partial charge in [-0.1, -0.05) is 6.07 Å². The first kappa shape index (κ1) is 20.3. The summed E-state index contributed by atoms with van der Waals surface area (Å²) in [5, 5.41) is 5.23. The number of benzene rings is 2. The number of ether oxygens (including phenoxy) is 1. The first-order valence-electron chi connectivity index (χ1n) is 10.5. The lowest BCUT2D eigenvalue weighted by Gasteiger charge is -2.26. The van der Waals surface area contributed by atoms with Gasteiger partial charge in [0.15, 0.2) is 5.65 Å².